The lowest BCUT2D eigenvalue weighted by atomic mass is 9.97. The van der Waals surface area contributed by atoms with Gasteiger partial charge in [-0.1, -0.05) is 94.8 Å². The molecule has 0 saturated heterocycles. The predicted octanol–water partition coefficient (Wildman–Crippen LogP) is 8.01. The van der Waals surface area contributed by atoms with Crippen LogP contribution in [0.4, 0.5) is 26.3 Å². The molecule has 0 saturated carbocycles. The number of halogens is 6. The van der Waals surface area contributed by atoms with Gasteiger partial charge in [0.2, 0.25) is 0 Å². The normalized spacial score (nSPS) is 11.7. The fourth-order valence-electron chi connectivity index (χ4n) is 6.14. The van der Waals surface area contributed by atoms with E-state index in [4.69, 9.17) is 0 Å². The minimum Gasteiger partial charge on any atom is -0.406 e. The summed E-state index contributed by atoms with van der Waals surface area (Å²) < 4.78 is 88.3. The molecule has 0 spiro atoms. The zero-order valence-corrected chi connectivity index (χ0v) is 32.9. The second-order valence-corrected chi connectivity index (χ2v) is 13.3. The van der Waals surface area contributed by atoms with Crippen molar-refractivity contribution in [2.24, 2.45) is 14.1 Å². The molecule has 6 aromatic rings. The summed E-state index contributed by atoms with van der Waals surface area (Å²) >= 11 is 0. The van der Waals surface area contributed by atoms with Crippen molar-refractivity contribution in [2.45, 2.75) is 78.9 Å². The first-order valence-electron chi connectivity index (χ1n) is 18.6. The SMILES string of the molecule is C.CCCCn1c(=O)c2c(C(O)c3ccccc3)c(OC(F)(F)F)ccc2n(C)c1=O.CCCCn1c(=O)c2cc(OC(F)(F)F)ccc2n(C)c1=O.O=Cc1ccccc1. The number of benzene rings is 4. The van der Waals surface area contributed by atoms with E-state index in [1.54, 1.807) is 30.3 Å². The van der Waals surface area contributed by atoms with Gasteiger partial charge in [0.1, 0.15) is 23.9 Å². The van der Waals surface area contributed by atoms with Gasteiger partial charge in [-0.05, 0) is 48.7 Å². The number of carbonyl (C=O) groups is 1. The summed E-state index contributed by atoms with van der Waals surface area (Å²) in [5, 5.41) is 10.8. The molecule has 2 heterocycles. The summed E-state index contributed by atoms with van der Waals surface area (Å²) in [6.07, 6.45) is -7.95. The second-order valence-electron chi connectivity index (χ2n) is 13.3. The summed E-state index contributed by atoms with van der Waals surface area (Å²) in [5.41, 5.74) is -1.39. The lowest BCUT2D eigenvalue weighted by Crippen LogP contribution is -2.39. The van der Waals surface area contributed by atoms with Gasteiger partial charge in [-0.2, -0.15) is 0 Å². The molecular weight excluding hydrogens is 814 g/mol. The van der Waals surface area contributed by atoms with Crippen LogP contribution in [-0.4, -0.2) is 42.4 Å². The number of aryl methyl sites for hydroxylation is 2. The molecule has 12 nitrogen and oxygen atoms in total. The Hall–Kier alpha value is -6.43. The molecule has 1 atom stereocenters. The van der Waals surface area contributed by atoms with Crippen molar-refractivity contribution in [3.05, 3.63) is 149 Å². The Morgan fingerprint density at radius 3 is 1.66 bits per heavy atom. The van der Waals surface area contributed by atoms with Crippen LogP contribution >= 0.6 is 0 Å². The van der Waals surface area contributed by atoms with Crippen molar-refractivity contribution in [3.8, 4) is 11.5 Å². The highest BCUT2D eigenvalue weighted by molar-refractivity contribution is 5.85. The summed E-state index contributed by atoms with van der Waals surface area (Å²) in [6.45, 7) is 4.13. The Morgan fingerprint density at radius 1 is 0.672 bits per heavy atom. The monoisotopic (exact) mass is 860 g/mol. The van der Waals surface area contributed by atoms with Crippen molar-refractivity contribution in [1.82, 2.24) is 18.3 Å². The number of aliphatic hydroxyl groups excluding tert-OH is 1. The van der Waals surface area contributed by atoms with Crippen LogP contribution < -0.4 is 32.0 Å². The van der Waals surface area contributed by atoms with E-state index in [0.717, 1.165) is 45.6 Å². The van der Waals surface area contributed by atoms with Crippen LogP contribution in [0.1, 0.15) is 74.5 Å². The minimum absolute atomic E-state index is 0. The number of carbonyl (C=O) groups excluding carboxylic acids is 1. The number of hydrogen-bond donors (Lipinski definition) is 1. The van der Waals surface area contributed by atoms with E-state index in [9.17, 15) is 55.4 Å². The number of ether oxygens (including phenoxy) is 2. The van der Waals surface area contributed by atoms with Gasteiger partial charge in [-0.15, -0.1) is 26.3 Å². The fourth-order valence-corrected chi connectivity index (χ4v) is 6.14. The Bertz CT molecular complexity index is 2650. The van der Waals surface area contributed by atoms with Crippen LogP contribution in [0.25, 0.3) is 21.8 Å². The smallest absolute Gasteiger partial charge is 0.406 e. The molecule has 0 radical (unpaired) electrons. The highest BCUT2D eigenvalue weighted by atomic mass is 19.4. The summed E-state index contributed by atoms with van der Waals surface area (Å²) in [5.74, 6) is -1.18. The Balaban J connectivity index is 0.000000279. The molecule has 0 fully saturated rings. The first-order valence-corrected chi connectivity index (χ1v) is 18.6. The minimum atomic E-state index is -5.03. The number of rotatable bonds is 11. The highest BCUT2D eigenvalue weighted by Gasteiger charge is 2.35. The maximum Gasteiger partial charge on any atom is 0.573 e. The molecule has 0 bridgehead atoms. The molecule has 0 aliphatic heterocycles. The van der Waals surface area contributed by atoms with Crippen LogP contribution in [0.15, 0.2) is 110 Å². The quantitative estimate of drug-likeness (QED) is 0.102. The lowest BCUT2D eigenvalue weighted by molar-refractivity contribution is -0.275. The number of aromatic nitrogens is 4. The Labute approximate surface area is 345 Å². The van der Waals surface area contributed by atoms with Crippen LogP contribution in [0, 0.1) is 0 Å². The Morgan fingerprint density at radius 2 is 1.16 bits per heavy atom. The van der Waals surface area contributed by atoms with E-state index in [1.807, 2.05) is 32.0 Å². The van der Waals surface area contributed by atoms with E-state index in [1.165, 1.54) is 47.5 Å². The molecular formula is C43H46F6N4O8. The van der Waals surface area contributed by atoms with Crippen molar-refractivity contribution < 1.29 is 45.7 Å². The molecule has 4 aromatic carbocycles. The number of aldehydes is 1. The fraction of sp³-hybridized carbons (Fsp3) is 0.326. The molecule has 18 heteroatoms. The molecule has 0 amide bonds. The number of alkyl halides is 6. The molecule has 0 aliphatic rings. The van der Waals surface area contributed by atoms with Crippen LogP contribution in [0.5, 0.6) is 11.5 Å². The van der Waals surface area contributed by atoms with Gasteiger partial charge in [0, 0.05) is 38.3 Å². The molecule has 1 N–H and O–H groups in total. The third-order valence-corrected chi connectivity index (χ3v) is 9.10. The van der Waals surface area contributed by atoms with Crippen molar-refractivity contribution in [2.75, 3.05) is 0 Å². The molecule has 2 aromatic heterocycles. The average molecular weight is 861 g/mol. The summed E-state index contributed by atoms with van der Waals surface area (Å²) in [4.78, 5) is 60.3. The number of fused-ring (bicyclic) bond motifs is 2. The molecule has 328 valence electrons. The molecule has 61 heavy (non-hydrogen) atoms. The van der Waals surface area contributed by atoms with E-state index >= 15 is 0 Å². The van der Waals surface area contributed by atoms with Gasteiger partial charge in [-0.3, -0.25) is 32.7 Å². The average Bonchev–Trinajstić information content (AvgIpc) is 3.21. The van der Waals surface area contributed by atoms with E-state index in [-0.39, 0.29) is 53.4 Å². The maximum absolute atomic E-state index is 13.2. The van der Waals surface area contributed by atoms with Crippen molar-refractivity contribution >= 4 is 28.1 Å². The lowest BCUT2D eigenvalue weighted by Gasteiger charge is -2.21. The topological polar surface area (TPSA) is 144 Å². The first-order chi connectivity index (χ1) is 28.3. The largest absolute Gasteiger partial charge is 0.573 e. The highest BCUT2D eigenvalue weighted by Crippen LogP contribution is 2.37. The number of unbranched alkanes of at least 4 members (excludes halogenated alkanes) is 2. The second kappa shape index (κ2) is 21.2. The third kappa shape index (κ3) is 12.3. The first kappa shape index (κ1) is 48.9. The van der Waals surface area contributed by atoms with Gasteiger partial charge in [0.05, 0.1) is 21.8 Å². The number of hydrogen-bond acceptors (Lipinski definition) is 8. The van der Waals surface area contributed by atoms with Gasteiger partial charge in [0.25, 0.3) is 11.1 Å². The summed E-state index contributed by atoms with van der Waals surface area (Å²) in [7, 11) is 2.90. The van der Waals surface area contributed by atoms with Crippen LogP contribution in [0.2, 0.25) is 0 Å². The number of nitrogens with zero attached hydrogens (tertiary/aromatic N) is 4. The zero-order chi connectivity index (χ0) is 44.4. The van der Waals surface area contributed by atoms with Crippen LogP contribution in [-0.2, 0) is 27.2 Å². The van der Waals surface area contributed by atoms with Crippen molar-refractivity contribution in [1.29, 1.82) is 0 Å². The van der Waals surface area contributed by atoms with Gasteiger partial charge in [0.15, 0.2) is 0 Å². The van der Waals surface area contributed by atoms with Gasteiger partial charge in [-0.25, -0.2) is 9.59 Å². The third-order valence-electron chi connectivity index (χ3n) is 9.10. The maximum atomic E-state index is 13.2. The van der Waals surface area contributed by atoms with Crippen LogP contribution in [0.3, 0.4) is 0 Å². The predicted molar refractivity (Wildman–Crippen MR) is 219 cm³/mol. The standard InChI is InChI=1S/C21H21F3N2O4.C14H15F3N2O3.C7H6O.CH4/c1-3-4-12-26-19(28)16-14(25(2)20(26)29)10-11-15(30-21(22,23)24)17(16)18(27)13-8-6-5-7-9-13;1-3-4-7-19-12(20)10-8-9(22-14(15,16)17)5-6-11(10)18(2)13(19)21;8-6-7-4-2-1-3-5-7;/h5-11,18,27H,3-4,12H2,1-2H3;5-6,8H,3-4,7H2,1-2H3;1-6H;1H4. The molecule has 0 aliphatic carbocycles. The zero-order valence-electron chi connectivity index (χ0n) is 32.9. The van der Waals surface area contributed by atoms with E-state index in [0.29, 0.717) is 19.3 Å². The van der Waals surface area contributed by atoms with Gasteiger partial charge >= 0.3 is 24.1 Å². The van der Waals surface area contributed by atoms with Gasteiger partial charge < -0.3 is 14.6 Å². The van der Waals surface area contributed by atoms with E-state index in [2.05, 4.69) is 9.47 Å². The number of aliphatic hydroxyl groups is 1. The Kier molecular flexibility index (Phi) is 17.0. The van der Waals surface area contributed by atoms with E-state index < -0.39 is 52.8 Å². The van der Waals surface area contributed by atoms with Crippen molar-refractivity contribution in [3.63, 3.8) is 0 Å². The molecule has 1 unspecified atom stereocenters. The summed E-state index contributed by atoms with van der Waals surface area (Å²) in [6, 6.07) is 22.6. The molecule has 6 rings (SSSR count).